The van der Waals surface area contributed by atoms with Gasteiger partial charge in [-0.05, 0) is 5.92 Å². The quantitative estimate of drug-likeness (QED) is 0.671. The van der Waals surface area contributed by atoms with E-state index in [0.717, 1.165) is 5.92 Å². The molecule has 0 unspecified atom stereocenters. The molecular formula is C15H30N+. The number of nitrogens with zero attached hydrogens (tertiary/aromatic N) is 1. The molecule has 0 radical (unpaired) electrons. The van der Waals surface area contributed by atoms with Gasteiger partial charge in [-0.25, -0.2) is 4.57 Å². The molecule has 16 heavy (non-hydrogen) atoms. The van der Waals surface area contributed by atoms with Crippen molar-refractivity contribution in [2.24, 2.45) is 13.0 Å². The first-order chi connectivity index (χ1) is 7.66. The lowest BCUT2D eigenvalue weighted by Gasteiger charge is -1.98. The van der Waals surface area contributed by atoms with Gasteiger partial charge in [0.15, 0.2) is 12.4 Å². The van der Waals surface area contributed by atoms with Crippen molar-refractivity contribution >= 4 is 0 Å². The van der Waals surface area contributed by atoms with Crippen LogP contribution in [-0.4, -0.2) is 0 Å². The second-order valence-electron chi connectivity index (χ2n) is 4.08. The SMILES string of the molecule is CC.CCCCC(C)C.C[n+]1ccccc1. The minimum atomic E-state index is 0.903. The van der Waals surface area contributed by atoms with Crippen molar-refractivity contribution in [3.05, 3.63) is 30.6 Å². The van der Waals surface area contributed by atoms with E-state index in [0.29, 0.717) is 0 Å². The lowest BCUT2D eigenvalue weighted by atomic mass is 10.1. The fourth-order valence-electron chi connectivity index (χ4n) is 1.10. The minimum absolute atomic E-state index is 0.903. The van der Waals surface area contributed by atoms with Crippen molar-refractivity contribution in [3.8, 4) is 0 Å². The van der Waals surface area contributed by atoms with E-state index >= 15 is 0 Å². The molecule has 1 heteroatoms. The molecule has 1 aromatic heterocycles. The molecule has 0 bridgehead atoms. The highest BCUT2D eigenvalue weighted by molar-refractivity contribution is 4.83. The van der Waals surface area contributed by atoms with Crippen LogP contribution in [-0.2, 0) is 7.05 Å². The van der Waals surface area contributed by atoms with E-state index in [1.807, 2.05) is 56.1 Å². The van der Waals surface area contributed by atoms with Gasteiger partial charge in [0.2, 0.25) is 0 Å². The van der Waals surface area contributed by atoms with Crippen molar-refractivity contribution in [3.63, 3.8) is 0 Å². The molecule has 0 saturated carbocycles. The third-order valence-electron chi connectivity index (χ3n) is 2.00. The lowest BCUT2D eigenvalue weighted by Crippen LogP contribution is -2.25. The Morgan fingerprint density at radius 1 is 1.00 bits per heavy atom. The van der Waals surface area contributed by atoms with E-state index in [2.05, 4.69) is 20.8 Å². The third-order valence-corrected chi connectivity index (χ3v) is 2.00. The zero-order valence-corrected chi connectivity index (χ0v) is 12.0. The Morgan fingerprint density at radius 2 is 1.50 bits per heavy atom. The Labute approximate surface area is 103 Å². The summed E-state index contributed by atoms with van der Waals surface area (Å²) in [5, 5.41) is 0. The van der Waals surface area contributed by atoms with Crippen LogP contribution >= 0.6 is 0 Å². The molecule has 1 aromatic rings. The van der Waals surface area contributed by atoms with Gasteiger partial charge in [-0.2, -0.15) is 0 Å². The van der Waals surface area contributed by atoms with Crippen LogP contribution in [0, 0.1) is 5.92 Å². The number of pyridine rings is 1. The maximum atomic E-state index is 2.27. The zero-order valence-electron chi connectivity index (χ0n) is 12.0. The highest BCUT2D eigenvalue weighted by Gasteiger charge is 1.88. The Bertz CT molecular complexity index is 204. The summed E-state index contributed by atoms with van der Waals surface area (Å²) in [6, 6.07) is 6.00. The summed E-state index contributed by atoms with van der Waals surface area (Å²) >= 11 is 0. The molecule has 0 aliphatic carbocycles. The minimum Gasteiger partial charge on any atom is -0.208 e. The van der Waals surface area contributed by atoms with Gasteiger partial charge in [0.05, 0.1) is 0 Å². The smallest absolute Gasteiger partial charge is 0.168 e. The predicted molar refractivity (Wildman–Crippen MR) is 73.3 cm³/mol. The molecule has 0 spiro atoms. The Hall–Kier alpha value is -0.850. The van der Waals surface area contributed by atoms with Crippen LogP contribution in [0.4, 0.5) is 0 Å². The standard InChI is InChI=1S/C7H16.C6H8N.C2H6/c1-4-5-6-7(2)3;1-7-5-3-2-4-6-7;1-2/h7H,4-6H2,1-3H3;2-6H,1H3;1-2H3/q;+1;. The number of aromatic nitrogens is 1. The monoisotopic (exact) mass is 224 g/mol. The van der Waals surface area contributed by atoms with Gasteiger partial charge >= 0.3 is 0 Å². The number of hydrogen-bond acceptors (Lipinski definition) is 0. The van der Waals surface area contributed by atoms with E-state index in [4.69, 9.17) is 0 Å². The van der Waals surface area contributed by atoms with Crippen LogP contribution in [0.1, 0.15) is 53.9 Å². The fraction of sp³-hybridized carbons (Fsp3) is 0.667. The summed E-state index contributed by atoms with van der Waals surface area (Å²) in [5.74, 6) is 0.903. The van der Waals surface area contributed by atoms with Crippen molar-refractivity contribution in [1.29, 1.82) is 0 Å². The molecule has 0 amide bonds. The molecule has 1 nitrogen and oxygen atoms in total. The normalized spacial score (nSPS) is 8.69. The van der Waals surface area contributed by atoms with Crippen LogP contribution in [0.2, 0.25) is 0 Å². The summed E-state index contributed by atoms with van der Waals surface area (Å²) in [7, 11) is 2.00. The topological polar surface area (TPSA) is 3.88 Å². The average Bonchev–Trinajstić information content (AvgIpc) is 2.31. The molecule has 0 saturated heterocycles. The first-order valence-electron chi connectivity index (χ1n) is 6.57. The molecule has 0 aromatic carbocycles. The molecule has 0 aliphatic rings. The van der Waals surface area contributed by atoms with E-state index in [9.17, 15) is 0 Å². The summed E-state index contributed by atoms with van der Waals surface area (Å²) in [5.41, 5.74) is 0. The number of aryl methyl sites for hydroxylation is 1. The van der Waals surface area contributed by atoms with Crippen molar-refractivity contribution in [1.82, 2.24) is 0 Å². The average molecular weight is 224 g/mol. The molecule has 94 valence electrons. The number of unbranched alkanes of at least 4 members (excludes halogenated alkanes) is 1. The van der Waals surface area contributed by atoms with Gasteiger partial charge < -0.3 is 0 Å². The first-order valence-corrected chi connectivity index (χ1v) is 6.57. The van der Waals surface area contributed by atoms with E-state index in [1.165, 1.54) is 19.3 Å². The van der Waals surface area contributed by atoms with E-state index in [-0.39, 0.29) is 0 Å². The summed E-state index contributed by atoms with van der Waals surface area (Å²) in [6.07, 6.45) is 8.15. The van der Waals surface area contributed by atoms with Gasteiger partial charge in [-0.15, -0.1) is 0 Å². The van der Waals surface area contributed by atoms with Crippen LogP contribution < -0.4 is 4.57 Å². The van der Waals surface area contributed by atoms with E-state index < -0.39 is 0 Å². The van der Waals surface area contributed by atoms with Crippen LogP contribution in [0.15, 0.2) is 30.6 Å². The first kappa shape index (κ1) is 17.5. The molecule has 0 N–H and O–H groups in total. The second-order valence-corrected chi connectivity index (χ2v) is 4.08. The Kier molecular flexibility index (Phi) is 15.5. The van der Waals surface area contributed by atoms with E-state index in [1.54, 1.807) is 0 Å². The zero-order chi connectivity index (χ0) is 12.8. The van der Waals surface area contributed by atoms with Crippen LogP contribution in [0.25, 0.3) is 0 Å². The van der Waals surface area contributed by atoms with Gasteiger partial charge in [-0.3, -0.25) is 0 Å². The van der Waals surface area contributed by atoms with Gasteiger partial charge in [0, 0.05) is 12.1 Å². The molecule has 0 fully saturated rings. The highest BCUT2D eigenvalue weighted by Crippen LogP contribution is 2.04. The summed E-state index contributed by atoms with van der Waals surface area (Å²) < 4.78 is 2.00. The van der Waals surface area contributed by atoms with Gasteiger partial charge in [-0.1, -0.05) is 59.9 Å². The maximum Gasteiger partial charge on any atom is 0.168 e. The largest absolute Gasteiger partial charge is 0.208 e. The molecule has 1 heterocycles. The predicted octanol–water partition coefficient (Wildman–Crippen LogP) is 4.37. The molecular weight excluding hydrogens is 194 g/mol. The number of rotatable bonds is 3. The highest BCUT2D eigenvalue weighted by atomic mass is 14.9. The van der Waals surface area contributed by atoms with Crippen molar-refractivity contribution in [2.75, 3.05) is 0 Å². The van der Waals surface area contributed by atoms with Crippen LogP contribution in [0.5, 0.6) is 0 Å². The van der Waals surface area contributed by atoms with Gasteiger partial charge in [0.25, 0.3) is 0 Å². The maximum absolute atomic E-state index is 2.27. The second kappa shape index (κ2) is 14.2. The third kappa shape index (κ3) is 15.6. The summed E-state index contributed by atoms with van der Waals surface area (Å²) in [6.45, 7) is 10.8. The lowest BCUT2D eigenvalue weighted by molar-refractivity contribution is -0.671. The number of hydrogen-bond donors (Lipinski definition) is 0. The Balaban J connectivity index is 0. The van der Waals surface area contributed by atoms with Crippen LogP contribution in [0.3, 0.4) is 0 Å². The van der Waals surface area contributed by atoms with Crippen molar-refractivity contribution in [2.45, 2.75) is 53.9 Å². The van der Waals surface area contributed by atoms with Gasteiger partial charge in [0.1, 0.15) is 7.05 Å². The molecule has 0 aliphatic heterocycles. The summed E-state index contributed by atoms with van der Waals surface area (Å²) in [4.78, 5) is 0. The van der Waals surface area contributed by atoms with Crippen molar-refractivity contribution < 1.29 is 4.57 Å². The Morgan fingerprint density at radius 3 is 1.69 bits per heavy atom. The fourth-order valence-corrected chi connectivity index (χ4v) is 1.10. The molecule has 0 atom stereocenters. The molecule has 1 rings (SSSR count).